The van der Waals surface area contributed by atoms with Crippen molar-refractivity contribution in [1.29, 1.82) is 0 Å². The summed E-state index contributed by atoms with van der Waals surface area (Å²) in [7, 11) is 1.34. The number of ether oxygens (including phenoxy) is 1. The van der Waals surface area contributed by atoms with Gasteiger partial charge in [0.2, 0.25) is 5.91 Å². The van der Waals surface area contributed by atoms with E-state index >= 15 is 0 Å². The molecule has 10 heteroatoms. The summed E-state index contributed by atoms with van der Waals surface area (Å²) in [5, 5.41) is 14.9. The molecule has 0 saturated heterocycles. The van der Waals surface area contributed by atoms with Crippen LogP contribution >= 0.6 is 34.4 Å². The molecule has 1 N–H and O–H groups in total. The van der Waals surface area contributed by atoms with Gasteiger partial charge in [0, 0.05) is 27.2 Å². The van der Waals surface area contributed by atoms with E-state index in [0.29, 0.717) is 15.7 Å². The van der Waals surface area contributed by atoms with Crippen LogP contribution in [0.25, 0.3) is 11.4 Å². The van der Waals surface area contributed by atoms with Crippen molar-refractivity contribution < 1.29 is 14.3 Å². The van der Waals surface area contributed by atoms with Crippen molar-refractivity contribution in [2.45, 2.75) is 52.2 Å². The van der Waals surface area contributed by atoms with E-state index in [1.807, 2.05) is 13.8 Å². The second-order valence-electron chi connectivity index (χ2n) is 6.93. The highest BCUT2D eigenvalue weighted by Gasteiger charge is 2.22. The Morgan fingerprint density at radius 1 is 1.26 bits per heavy atom. The lowest BCUT2D eigenvalue weighted by Crippen LogP contribution is -2.16. The summed E-state index contributed by atoms with van der Waals surface area (Å²) in [5.41, 5.74) is 2.31. The fourth-order valence-electron chi connectivity index (χ4n) is 3.07. The van der Waals surface area contributed by atoms with Crippen LogP contribution in [0.3, 0.4) is 0 Å². The summed E-state index contributed by atoms with van der Waals surface area (Å²) in [6.45, 7) is 8.78. The van der Waals surface area contributed by atoms with Crippen LogP contribution < -0.4 is 5.32 Å². The molecule has 0 atom stereocenters. The topological polar surface area (TPSA) is 86.1 Å². The highest BCUT2D eigenvalue weighted by atomic mass is 32.2. The van der Waals surface area contributed by atoms with Gasteiger partial charge < -0.3 is 14.6 Å². The van der Waals surface area contributed by atoms with Crippen LogP contribution in [0, 0.1) is 13.8 Å². The number of rotatable bonds is 9. The van der Waals surface area contributed by atoms with Crippen LogP contribution in [0.2, 0.25) is 0 Å². The zero-order valence-corrected chi connectivity index (χ0v) is 20.7. The lowest BCUT2D eigenvalue weighted by Gasteiger charge is -2.08. The molecule has 0 aliphatic heterocycles. The van der Waals surface area contributed by atoms with Crippen molar-refractivity contribution in [2.75, 3.05) is 18.2 Å². The Labute approximate surface area is 194 Å². The number of thiophene rings is 2. The highest BCUT2D eigenvalue weighted by Crippen LogP contribution is 2.33. The van der Waals surface area contributed by atoms with Crippen LogP contribution in [0.1, 0.15) is 45.9 Å². The number of hydrogen-bond donors (Lipinski definition) is 1. The Hall–Kier alpha value is -2.17. The van der Waals surface area contributed by atoms with Crippen molar-refractivity contribution in [1.82, 2.24) is 14.8 Å². The standard InChI is InChI=1S/C21H26N4O3S3/c1-6-8-25-18(14-9-15(7-2)29-10-14)23-24-21(25)30-11-16(26)22-19-17(20(27)28-5)12(3)13(4)31-19/h9-10H,6-8,11H2,1-5H3,(H,22,26). The number of anilines is 1. The average Bonchev–Trinajstić information content (AvgIpc) is 3.45. The van der Waals surface area contributed by atoms with E-state index in [4.69, 9.17) is 4.74 Å². The lowest BCUT2D eigenvalue weighted by atomic mass is 10.1. The van der Waals surface area contributed by atoms with Crippen LogP contribution in [0.15, 0.2) is 16.6 Å². The predicted octanol–water partition coefficient (Wildman–Crippen LogP) is 5.17. The first kappa shape index (κ1) is 23.5. The molecule has 3 heterocycles. The quantitative estimate of drug-likeness (QED) is 0.337. The lowest BCUT2D eigenvalue weighted by molar-refractivity contribution is -0.113. The number of aromatic nitrogens is 3. The summed E-state index contributed by atoms with van der Waals surface area (Å²) < 4.78 is 6.94. The molecular weight excluding hydrogens is 452 g/mol. The molecule has 1 amide bonds. The fourth-order valence-corrected chi connectivity index (χ4v) is 5.72. The summed E-state index contributed by atoms with van der Waals surface area (Å²) in [6.07, 6.45) is 1.93. The molecule has 0 radical (unpaired) electrons. The van der Waals surface area contributed by atoms with E-state index in [-0.39, 0.29) is 11.7 Å². The SMILES string of the molecule is CCCn1c(SCC(=O)Nc2sc(C)c(C)c2C(=O)OC)nnc1-c1csc(CC)c1. The van der Waals surface area contributed by atoms with Crippen molar-refractivity contribution in [3.05, 3.63) is 32.3 Å². The molecule has 0 fully saturated rings. The maximum atomic E-state index is 12.6. The average molecular weight is 479 g/mol. The minimum Gasteiger partial charge on any atom is -0.465 e. The van der Waals surface area contributed by atoms with Gasteiger partial charge in [-0.2, -0.15) is 0 Å². The molecule has 0 aliphatic rings. The van der Waals surface area contributed by atoms with Gasteiger partial charge in [0.05, 0.1) is 18.4 Å². The predicted molar refractivity (Wildman–Crippen MR) is 127 cm³/mol. The maximum absolute atomic E-state index is 12.6. The molecular formula is C21H26N4O3S3. The Morgan fingerprint density at radius 3 is 2.68 bits per heavy atom. The van der Waals surface area contributed by atoms with Crippen LogP contribution in [-0.4, -0.2) is 39.5 Å². The van der Waals surface area contributed by atoms with E-state index in [1.54, 1.807) is 11.3 Å². The molecule has 0 bridgehead atoms. The largest absolute Gasteiger partial charge is 0.465 e. The monoisotopic (exact) mass is 478 g/mol. The normalized spacial score (nSPS) is 11.0. The third kappa shape index (κ3) is 5.19. The Morgan fingerprint density at radius 2 is 2.03 bits per heavy atom. The van der Waals surface area contributed by atoms with Gasteiger partial charge >= 0.3 is 5.97 Å². The van der Waals surface area contributed by atoms with Crippen LogP contribution in [0.4, 0.5) is 5.00 Å². The fraction of sp³-hybridized carbons (Fsp3) is 0.429. The molecule has 3 rings (SSSR count). The summed E-state index contributed by atoms with van der Waals surface area (Å²) in [4.78, 5) is 27.0. The summed E-state index contributed by atoms with van der Waals surface area (Å²) >= 11 is 4.44. The molecule has 0 unspecified atom stereocenters. The van der Waals surface area contributed by atoms with Gasteiger partial charge in [0.15, 0.2) is 11.0 Å². The van der Waals surface area contributed by atoms with Gasteiger partial charge in [0.1, 0.15) is 5.00 Å². The maximum Gasteiger partial charge on any atom is 0.341 e. The second kappa shape index (κ2) is 10.4. The van der Waals surface area contributed by atoms with Crippen molar-refractivity contribution in [2.24, 2.45) is 0 Å². The van der Waals surface area contributed by atoms with Gasteiger partial charge in [0.25, 0.3) is 0 Å². The van der Waals surface area contributed by atoms with E-state index in [9.17, 15) is 9.59 Å². The van der Waals surface area contributed by atoms with Crippen LogP contribution in [0.5, 0.6) is 0 Å². The highest BCUT2D eigenvalue weighted by molar-refractivity contribution is 7.99. The smallest absolute Gasteiger partial charge is 0.341 e. The van der Waals surface area contributed by atoms with Crippen molar-refractivity contribution in [3.63, 3.8) is 0 Å². The molecule has 166 valence electrons. The van der Waals surface area contributed by atoms with E-state index < -0.39 is 5.97 Å². The molecule has 0 aromatic carbocycles. The van der Waals surface area contributed by atoms with Gasteiger partial charge in [-0.15, -0.1) is 32.9 Å². The number of carbonyl (C=O) groups is 2. The zero-order chi connectivity index (χ0) is 22.5. The number of nitrogens with one attached hydrogen (secondary N) is 1. The van der Waals surface area contributed by atoms with E-state index in [0.717, 1.165) is 41.2 Å². The molecule has 31 heavy (non-hydrogen) atoms. The first-order chi connectivity index (χ1) is 14.9. The molecule has 0 spiro atoms. The second-order valence-corrected chi connectivity index (χ2v) is 10.1. The van der Waals surface area contributed by atoms with Crippen LogP contribution in [-0.2, 0) is 22.5 Å². The van der Waals surface area contributed by atoms with Gasteiger partial charge in [-0.1, -0.05) is 25.6 Å². The van der Waals surface area contributed by atoms with E-state index in [2.05, 4.69) is 45.4 Å². The minimum atomic E-state index is -0.445. The molecule has 0 saturated carbocycles. The Kier molecular flexibility index (Phi) is 7.90. The number of carbonyl (C=O) groups excluding carboxylic acids is 2. The molecule has 0 aliphatic carbocycles. The van der Waals surface area contributed by atoms with Gasteiger partial charge in [-0.05, 0) is 38.3 Å². The Balaban J connectivity index is 1.74. The molecule has 3 aromatic rings. The first-order valence-electron chi connectivity index (χ1n) is 10.0. The first-order valence-corrected chi connectivity index (χ1v) is 12.7. The number of nitrogens with zero attached hydrogens (tertiary/aromatic N) is 3. The number of methoxy groups -OCH3 is 1. The number of esters is 1. The third-order valence-electron chi connectivity index (χ3n) is 4.78. The molecule has 7 nitrogen and oxygen atoms in total. The number of aryl methyl sites for hydroxylation is 2. The van der Waals surface area contributed by atoms with E-state index in [1.165, 1.54) is 35.1 Å². The minimum absolute atomic E-state index is 0.169. The summed E-state index contributed by atoms with van der Waals surface area (Å²) in [5.74, 6) is 0.354. The Bertz CT molecular complexity index is 1080. The zero-order valence-electron chi connectivity index (χ0n) is 18.3. The summed E-state index contributed by atoms with van der Waals surface area (Å²) in [6, 6.07) is 2.15. The van der Waals surface area contributed by atoms with Crippen molar-refractivity contribution >= 4 is 51.3 Å². The number of hydrogen-bond acceptors (Lipinski definition) is 8. The number of amides is 1. The third-order valence-corrected chi connectivity index (χ3v) is 7.96. The van der Waals surface area contributed by atoms with Gasteiger partial charge in [-0.25, -0.2) is 4.79 Å². The number of thioether (sulfide) groups is 1. The molecule has 3 aromatic heterocycles. The van der Waals surface area contributed by atoms with Crippen molar-refractivity contribution in [3.8, 4) is 11.4 Å². The van der Waals surface area contributed by atoms with Gasteiger partial charge in [-0.3, -0.25) is 4.79 Å².